The molecule has 1 rings (SSSR count). The normalized spacial score (nSPS) is 12.2. The minimum atomic E-state index is -1.02. The molecule has 0 radical (unpaired) electrons. The summed E-state index contributed by atoms with van der Waals surface area (Å²) in [6, 6.07) is 0.643. The van der Waals surface area contributed by atoms with E-state index >= 15 is 0 Å². The monoisotopic (exact) mass is 244 g/mol. The standard InChI is InChI=1S/C10H13ClN2O3/c1-3-8(10(15)16)13(2)9(14)7-4-6(11)5-12-7/h4-5,8,12H,3H2,1-2H3,(H,15,16). The summed E-state index contributed by atoms with van der Waals surface area (Å²) in [6.07, 6.45) is 1.83. The number of nitrogens with one attached hydrogen (secondary N) is 1. The van der Waals surface area contributed by atoms with E-state index in [4.69, 9.17) is 16.7 Å². The molecule has 0 aliphatic carbocycles. The van der Waals surface area contributed by atoms with Crippen LogP contribution in [-0.2, 0) is 4.79 Å². The summed E-state index contributed by atoms with van der Waals surface area (Å²) >= 11 is 5.67. The molecule has 6 heteroatoms. The van der Waals surface area contributed by atoms with Crippen molar-refractivity contribution in [2.45, 2.75) is 19.4 Å². The topological polar surface area (TPSA) is 73.4 Å². The fraction of sp³-hybridized carbons (Fsp3) is 0.400. The lowest BCUT2D eigenvalue weighted by Crippen LogP contribution is -2.42. The Morgan fingerprint density at radius 3 is 2.62 bits per heavy atom. The lowest BCUT2D eigenvalue weighted by Gasteiger charge is -2.23. The van der Waals surface area contributed by atoms with Gasteiger partial charge in [-0.3, -0.25) is 4.79 Å². The second kappa shape index (κ2) is 5.03. The van der Waals surface area contributed by atoms with E-state index in [-0.39, 0.29) is 11.6 Å². The number of aromatic nitrogens is 1. The van der Waals surface area contributed by atoms with Gasteiger partial charge in [0.05, 0.1) is 5.02 Å². The highest BCUT2D eigenvalue weighted by Crippen LogP contribution is 2.13. The second-order valence-corrected chi connectivity index (χ2v) is 3.85. The Bertz CT molecular complexity index is 403. The lowest BCUT2D eigenvalue weighted by atomic mass is 10.2. The molecule has 0 saturated carbocycles. The SMILES string of the molecule is CCC(C(=O)O)N(C)C(=O)c1cc(Cl)c[nH]1. The number of rotatable bonds is 4. The number of carbonyl (C=O) groups is 2. The first kappa shape index (κ1) is 12.6. The minimum absolute atomic E-state index is 0.284. The number of hydrogen-bond acceptors (Lipinski definition) is 2. The van der Waals surface area contributed by atoms with Gasteiger partial charge in [0, 0.05) is 13.2 Å². The van der Waals surface area contributed by atoms with Gasteiger partial charge >= 0.3 is 5.97 Å². The van der Waals surface area contributed by atoms with Crippen LogP contribution in [0, 0.1) is 0 Å². The largest absolute Gasteiger partial charge is 0.480 e. The maximum atomic E-state index is 11.8. The molecule has 1 amide bonds. The molecule has 0 bridgehead atoms. The van der Waals surface area contributed by atoms with Gasteiger partial charge in [-0.05, 0) is 12.5 Å². The predicted octanol–water partition coefficient (Wildman–Crippen LogP) is 1.60. The maximum absolute atomic E-state index is 11.8. The summed E-state index contributed by atoms with van der Waals surface area (Å²) in [5.74, 6) is -1.41. The Hall–Kier alpha value is -1.49. The molecule has 5 nitrogen and oxygen atoms in total. The van der Waals surface area contributed by atoms with Gasteiger partial charge in [0.15, 0.2) is 0 Å². The number of halogens is 1. The number of carboxylic acid groups (broad SMARTS) is 1. The Balaban J connectivity index is 2.85. The first-order chi connectivity index (χ1) is 7.47. The van der Waals surface area contributed by atoms with Crippen molar-refractivity contribution in [3.05, 3.63) is 23.0 Å². The van der Waals surface area contributed by atoms with Crippen LogP contribution in [0.3, 0.4) is 0 Å². The van der Waals surface area contributed by atoms with Gasteiger partial charge in [-0.15, -0.1) is 0 Å². The third-order valence-electron chi connectivity index (χ3n) is 2.34. The Morgan fingerprint density at radius 1 is 1.62 bits per heavy atom. The highest BCUT2D eigenvalue weighted by Gasteiger charge is 2.26. The number of H-pyrrole nitrogens is 1. The fourth-order valence-corrected chi connectivity index (χ4v) is 1.60. The quantitative estimate of drug-likeness (QED) is 0.845. The van der Waals surface area contributed by atoms with Crippen LogP contribution in [0.2, 0.25) is 5.02 Å². The van der Waals surface area contributed by atoms with E-state index in [0.717, 1.165) is 0 Å². The van der Waals surface area contributed by atoms with Gasteiger partial charge in [0.1, 0.15) is 11.7 Å². The van der Waals surface area contributed by atoms with Crippen molar-refractivity contribution >= 4 is 23.5 Å². The average Bonchev–Trinajstić information content (AvgIpc) is 2.64. The van der Waals surface area contributed by atoms with Crippen molar-refractivity contribution in [3.63, 3.8) is 0 Å². The van der Waals surface area contributed by atoms with Crippen molar-refractivity contribution in [1.29, 1.82) is 0 Å². The number of hydrogen-bond donors (Lipinski definition) is 2. The molecule has 1 atom stereocenters. The highest BCUT2D eigenvalue weighted by molar-refractivity contribution is 6.30. The first-order valence-electron chi connectivity index (χ1n) is 4.81. The highest BCUT2D eigenvalue weighted by atomic mass is 35.5. The average molecular weight is 245 g/mol. The fourth-order valence-electron chi connectivity index (χ4n) is 1.44. The van der Waals surface area contributed by atoms with Gasteiger partial charge in [-0.2, -0.15) is 0 Å². The summed E-state index contributed by atoms with van der Waals surface area (Å²) in [5, 5.41) is 9.33. The van der Waals surface area contributed by atoms with E-state index in [0.29, 0.717) is 11.4 Å². The molecule has 0 aliphatic heterocycles. The van der Waals surface area contributed by atoms with Crippen molar-refractivity contribution in [2.24, 2.45) is 0 Å². The van der Waals surface area contributed by atoms with Gasteiger partial charge in [-0.1, -0.05) is 18.5 Å². The van der Waals surface area contributed by atoms with Gasteiger partial charge < -0.3 is 15.0 Å². The van der Waals surface area contributed by atoms with Crippen molar-refractivity contribution in [3.8, 4) is 0 Å². The van der Waals surface area contributed by atoms with Crippen molar-refractivity contribution < 1.29 is 14.7 Å². The lowest BCUT2D eigenvalue weighted by molar-refractivity contribution is -0.142. The minimum Gasteiger partial charge on any atom is -0.480 e. The van der Waals surface area contributed by atoms with Gasteiger partial charge in [-0.25, -0.2) is 4.79 Å². The summed E-state index contributed by atoms with van der Waals surface area (Å²) in [5.41, 5.74) is 0.284. The number of carboxylic acids is 1. The molecule has 1 unspecified atom stereocenters. The van der Waals surface area contributed by atoms with Gasteiger partial charge in [0.2, 0.25) is 0 Å². The van der Waals surface area contributed by atoms with E-state index in [1.165, 1.54) is 24.2 Å². The number of aromatic amines is 1. The molecule has 0 aliphatic rings. The van der Waals surface area contributed by atoms with Crippen molar-refractivity contribution in [1.82, 2.24) is 9.88 Å². The molecule has 2 N–H and O–H groups in total. The number of nitrogens with zero attached hydrogens (tertiary/aromatic N) is 1. The first-order valence-corrected chi connectivity index (χ1v) is 5.19. The zero-order chi connectivity index (χ0) is 12.3. The van der Waals surface area contributed by atoms with Crippen LogP contribution >= 0.6 is 11.6 Å². The van der Waals surface area contributed by atoms with E-state index in [1.807, 2.05) is 0 Å². The van der Waals surface area contributed by atoms with E-state index in [2.05, 4.69) is 4.98 Å². The number of carbonyl (C=O) groups excluding carboxylic acids is 1. The molecule has 0 saturated heterocycles. The van der Waals surface area contributed by atoms with E-state index in [9.17, 15) is 9.59 Å². The molecule has 0 aromatic carbocycles. The molecule has 16 heavy (non-hydrogen) atoms. The van der Waals surface area contributed by atoms with Crippen molar-refractivity contribution in [2.75, 3.05) is 7.05 Å². The third-order valence-corrected chi connectivity index (χ3v) is 2.56. The maximum Gasteiger partial charge on any atom is 0.326 e. The number of amides is 1. The Kier molecular flexibility index (Phi) is 3.95. The molecule has 88 valence electrons. The zero-order valence-corrected chi connectivity index (χ0v) is 9.78. The Labute approximate surface area is 98.0 Å². The molecule has 1 heterocycles. The molecular formula is C10H13ClN2O3. The second-order valence-electron chi connectivity index (χ2n) is 3.41. The summed E-state index contributed by atoms with van der Waals surface area (Å²) in [4.78, 5) is 26.6. The van der Waals surface area contributed by atoms with Crippen LogP contribution < -0.4 is 0 Å². The van der Waals surface area contributed by atoms with Gasteiger partial charge in [0.25, 0.3) is 5.91 Å². The molecule has 0 fully saturated rings. The van der Waals surface area contributed by atoms with Crippen LogP contribution in [-0.4, -0.2) is 40.0 Å². The molecule has 1 aromatic heterocycles. The number of likely N-dealkylation sites (N-methyl/N-ethyl adjacent to an activating group) is 1. The third kappa shape index (κ3) is 2.55. The smallest absolute Gasteiger partial charge is 0.326 e. The Morgan fingerprint density at radius 2 is 2.25 bits per heavy atom. The summed E-state index contributed by atoms with van der Waals surface area (Å²) < 4.78 is 0. The molecular weight excluding hydrogens is 232 g/mol. The van der Waals surface area contributed by atoms with Crippen LogP contribution in [0.25, 0.3) is 0 Å². The van der Waals surface area contributed by atoms with Crippen LogP contribution in [0.4, 0.5) is 0 Å². The predicted molar refractivity (Wildman–Crippen MR) is 59.6 cm³/mol. The van der Waals surface area contributed by atoms with E-state index in [1.54, 1.807) is 6.92 Å². The molecule has 1 aromatic rings. The molecule has 0 spiro atoms. The van der Waals surface area contributed by atoms with Crippen LogP contribution in [0.5, 0.6) is 0 Å². The van der Waals surface area contributed by atoms with E-state index < -0.39 is 12.0 Å². The van der Waals surface area contributed by atoms with Crippen LogP contribution in [0.1, 0.15) is 23.8 Å². The summed E-state index contributed by atoms with van der Waals surface area (Å²) in [6.45, 7) is 1.71. The summed E-state index contributed by atoms with van der Waals surface area (Å²) in [7, 11) is 1.46. The zero-order valence-electron chi connectivity index (χ0n) is 9.03. The number of aliphatic carboxylic acids is 1. The van der Waals surface area contributed by atoms with Crippen LogP contribution in [0.15, 0.2) is 12.3 Å².